The van der Waals surface area contributed by atoms with Crippen molar-refractivity contribution >= 4 is 14.1 Å². The number of nitrogens with two attached hydrogens (primary N) is 1. The van der Waals surface area contributed by atoms with E-state index in [0.29, 0.717) is 6.61 Å². The van der Waals surface area contributed by atoms with Crippen LogP contribution in [0.1, 0.15) is 34.6 Å². The second-order valence-electron chi connectivity index (χ2n) is 6.97. The number of carbonyl (C=O) groups excluding carboxylic acids is 1. The highest BCUT2D eigenvalue weighted by Gasteiger charge is 2.38. The van der Waals surface area contributed by atoms with E-state index in [4.69, 9.17) is 10.2 Å². The summed E-state index contributed by atoms with van der Waals surface area (Å²) in [4.78, 5) is 12.1. The molecule has 1 atom stereocenters. The predicted octanol–water partition coefficient (Wildman–Crippen LogP) is 3.12. The van der Waals surface area contributed by atoms with Gasteiger partial charge in [-0.25, -0.2) is 0 Å². The van der Waals surface area contributed by atoms with E-state index in [1.165, 1.54) is 0 Å². The van der Waals surface area contributed by atoms with Gasteiger partial charge in [-0.3, -0.25) is 4.79 Å². The predicted molar refractivity (Wildman–Crippen MR) is 80.1 cm³/mol. The summed E-state index contributed by atoms with van der Waals surface area (Å²) in [5.74, 6) is -0.0174. The molecular weight excluding hydrogens is 242 g/mol. The van der Waals surface area contributed by atoms with Crippen LogP contribution in [0.2, 0.25) is 18.1 Å². The summed E-state index contributed by atoms with van der Waals surface area (Å²) in [5, 5.41) is 0.129. The molecule has 0 amide bonds. The molecule has 0 aromatic heterocycles. The average molecular weight is 271 g/mol. The maximum absolute atomic E-state index is 12.1. The molecule has 0 radical (unpaired) electrons. The minimum Gasteiger partial charge on any atom is -0.415 e. The van der Waals surface area contributed by atoms with E-state index in [0.717, 1.165) is 0 Å². The molecule has 106 valence electrons. The fourth-order valence-electron chi connectivity index (χ4n) is 1.17. The van der Waals surface area contributed by atoms with Gasteiger partial charge >= 0.3 is 0 Å². The Morgan fingerprint density at radius 2 is 1.78 bits per heavy atom. The number of allylic oxidation sites excluding steroid dienone is 1. The molecule has 0 rings (SSSR count). The highest BCUT2D eigenvalue weighted by molar-refractivity contribution is 6.74. The Morgan fingerprint density at radius 1 is 1.33 bits per heavy atom. The van der Waals surface area contributed by atoms with Gasteiger partial charge in [-0.15, -0.1) is 6.58 Å². The summed E-state index contributed by atoms with van der Waals surface area (Å²) in [6.07, 6.45) is 1.64. The van der Waals surface area contributed by atoms with Crippen LogP contribution >= 0.6 is 0 Å². The highest BCUT2D eigenvalue weighted by Crippen LogP contribution is 2.36. The Kier molecular flexibility index (Phi) is 5.53. The molecule has 0 aliphatic carbocycles. The lowest BCUT2D eigenvalue weighted by Crippen LogP contribution is -2.48. The third kappa shape index (κ3) is 4.34. The summed E-state index contributed by atoms with van der Waals surface area (Å²) >= 11 is 0. The van der Waals surface area contributed by atoms with Crippen LogP contribution < -0.4 is 5.73 Å². The van der Waals surface area contributed by atoms with Crippen molar-refractivity contribution in [1.82, 2.24) is 0 Å². The Hall–Kier alpha value is -0.453. The first-order valence-corrected chi connectivity index (χ1v) is 9.33. The average Bonchev–Trinajstić information content (AvgIpc) is 2.23. The zero-order chi connectivity index (χ0) is 14.8. The lowest BCUT2D eigenvalue weighted by atomic mass is 9.85. The van der Waals surface area contributed by atoms with Crippen molar-refractivity contribution in [1.29, 1.82) is 0 Å². The molecule has 0 spiro atoms. The summed E-state index contributed by atoms with van der Waals surface area (Å²) < 4.78 is 5.98. The lowest BCUT2D eigenvalue weighted by molar-refractivity contribution is -0.126. The lowest BCUT2D eigenvalue weighted by Gasteiger charge is -2.37. The molecule has 4 heteroatoms. The minimum atomic E-state index is -1.84. The van der Waals surface area contributed by atoms with Gasteiger partial charge in [-0.05, 0) is 32.0 Å². The Labute approximate surface area is 113 Å². The summed E-state index contributed by atoms with van der Waals surface area (Å²) in [6, 6.07) is -0.577. The van der Waals surface area contributed by atoms with Gasteiger partial charge in [0.05, 0.1) is 12.6 Å². The molecule has 0 aromatic rings. The summed E-state index contributed by atoms with van der Waals surface area (Å²) in [7, 11) is -1.84. The molecule has 0 aliphatic heterocycles. The quantitative estimate of drug-likeness (QED) is 0.596. The smallest absolute Gasteiger partial charge is 0.192 e. The fourth-order valence-corrected chi connectivity index (χ4v) is 2.20. The molecule has 0 saturated heterocycles. The van der Waals surface area contributed by atoms with Crippen LogP contribution in [0.3, 0.4) is 0 Å². The van der Waals surface area contributed by atoms with Crippen molar-refractivity contribution in [3.63, 3.8) is 0 Å². The molecule has 0 unspecified atom stereocenters. The van der Waals surface area contributed by atoms with E-state index in [2.05, 4.69) is 40.4 Å². The highest BCUT2D eigenvalue weighted by atomic mass is 28.4. The molecule has 0 saturated carbocycles. The second kappa shape index (κ2) is 5.68. The normalized spacial score (nSPS) is 15.3. The molecule has 0 bridgehead atoms. The van der Waals surface area contributed by atoms with E-state index in [9.17, 15) is 4.79 Å². The van der Waals surface area contributed by atoms with Crippen molar-refractivity contribution < 1.29 is 9.22 Å². The molecule has 0 aliphatic rings. The van der Waals surface area contributed by atoms with Gasteiger partial charge in [0.1, 0.15) is 0 Å². The summed E-state index contributed by atoms with van der Waals surface area (Å²) in [6.45, 7) is 18.4. The van der Waals surface area contributed by atoms with E-state index in [1.54, 1.807) is 6.08 Å². The first-order valence-electron chi connectivity index (χ1n) is 6.42. The van der Waals surface area contributed by atoms with Gasteiger partial charge in [0.15, 0.2) is 14.1 Å². The first kappa shape index (κ1) is 17.5. The Bertz CT molecular complexity index is 316. The fraction of sp³-hybridized carbons (Fsp3) is 0.786. The van der Waals surface area contributed by atoms with Gasteiger partial charge in [-0.1, -0.05) is 26.8 Å². The maximum atomic E-state index is 12.1. The number of carbonyl (C=O) groups is 1. The van der Waals surface area contributed by atoms with Crippen LogP contribution in [0, 0.1) is 5.41 Å². The van der Waals surface area contributed by atoms with E-state index >= 15 is 0 Å². The Balaban J connectivity index is 4.58. The molecular formula is C14H29NO2Si. The van der Waals surface area contributed by atoms with Crippen LogP contribution in [0.15, 0.2) is 12.7 Å². The number of hydrogen-bond donors (Lipinski definition) is 1. The summed E-state index contributed by atoms with van der Waals surface area (Å²) in [5.41, 5.74) is 5.34. The molecule has 2 N–H and O–H groups in total. The van der Waals surface area contributed by atoms with Crippen LogP contribution in [0.4, 0.5) is 0 Å². The van der Waals surface area contributed by atoms with Crippen molar-refractivity contribution in [2.45, 2.75) is 58.8 Å². The third-order valence-electron chi connectivity index (χ3n) is 3.91. The Morgan fingerprint density at radius 3 is 2.11 bits per heavy atom. The number of Topliss-reactive ketones (excluding diaryl/α,β-unsaturated/α-hetero) is 1. The van der Waals surface area contributed by atoms with Crippen molar-refractivity contribution in [2.24, 2.45) is 11.1 Å². The minimum absolute atomic E-state index is 0.0174. The third-order valence-corrected chi connectivity index (χ3v) is 8.41. The van der Waals surface area contributed by atoms with Crippen LogP contribution in [0.25, 0.3) is 0 Å². The molecule has 18 heavy (non-hydrogen) atoms. The van der Waals surface area contributed by atoms with Gasteiger partial charge in [-0.2, -0.15) is 0 Å². The van der Waals surface area contributed by atoms with Crippen LogP contribution in [0.5, 0.6) is 0 Å². The zero-order valence-electron chi connectivity index (χ0n) is 13.0. The van der Waals surface area contributed by atoms with Gasteiger partial charge < -0.3 is 10.2 Å². The van der Waals surface area contributed by atoms with E-state index < -0.39 is 19.8 Å². The first-order chi connectivity index (χ1) is 7.85. The van der Waals surface area contributed by atoms with Crippen molar-refractivity contribution in [3.8, 4) is 0 Å². The zero-order valence-corrected chi connectivity index (χ0v) is 14.0. The standard InChI is InChI=1S/C14H29NO2Si/c1-9-14(5,6)12(16)11(15)10-17-18(7,8)13(2,3)4/h9,11H,1,10,15H2,2-8H3/t11-/m0/s1. The molecule has 3 nitrogen and oxygen atoms in total. The van der Waals surface area contributed by atoms with Crippen molar-refractivity contribution in [3.05, 3.63) is 12.7 Å². The maximum Gasteiger partial charge on any atom is 0.192 e. The van der Waals surface area contributed by atoms with Gasteiger partial charge in [0, 0.05) is 5.41 Å². The van der Waals surface area contributed by atoms with Gasteiger partial charge in [0.2, 0.25) is 0 Å². The SMILES string of the molecule is C=CC(C)(C)C(=O)[C@@H](N)CO[Si](C)(C)C(C)(C)C. The topological polar surface area (TPSA) is 52.3 Å². The van der Waals surface area contributed by atoms with E-state index in [-0.39, 0.29) is 10.8 Å². The van der Waals surface area contributed by atoms with Gasteiger partial charge in [0.25, 0.3) is 0 Å². The molecule has 0 fully saturated rings. The molecule has 0 aromatic carbocycles. The van der Waals surface area contributed by atoms with Crippen LogP contribution in [-0.4, -0.2) is 26.7 Å². The largest absolute Gasteiger partial charge is 0.415 e. The van der Waals surface area contributed by atoms with Crippen LogP contribution in [-0.2, 0) is 9.22 Å². The monoisotopic (exact) mass is 271 g/mol. The van der Waals surface area contributed by atoms with Crippen molar-refractivity contribution in [2.75, 3.05) is 6.61 Å². The number of rotatable bonds is 6. The number of hydrogen-bond acceptors (Lipinski definition) is 3. The number of ketones is 1. The molecule has 0 heterocycles. The van der Waals surface area contributed by atoms with E-state index in [1.807, 2.05) is 13.8 Å². The second-order valence-corrected chi connectivity index (χ2v) is 11.8.